The molecular formula is C10H14N4O. The number of rotatable bonds is 3. The minimum Gasteiger partial charge on any atom is -0.332 e. The number of nitrogens with one attached hydrogen (secondary N) is 1. The first-order valence-electron chi connectivity index (χ1n) is 4.94. The van der Waals surface area contributed by atoms with Gasteiger partial charge in [0.2, 0.25) is 0 Å². The van der Waals surface area contributed by atoms with Crippen molar-refractivity contribution < 1.29 is 4.79 Å². The van der Waals surface area contributed by atoms with Gasteiger partial charge in [-0.25, -0.2) is 4.79 Å². The molecule has 2 amide bonds. The average molecular weight is 206 g/mol. The third-order valence-electron chi connectivity index (χ3n) is 2.46. The van der Waals surface area contributed by atoms with E-state index in [1.165, 1.54) is 0 Å². The minimum absolute atomic E-state index is 0.0396. The predicted molar refractivity (Wildman–Crippen MR) is 56.0 cm³/mol. The zero-order valence-corrected chi connectivity index (χ0v) is 8.39. The Labute approximate surface area is 88.3 Å². The molecule has 0 bridgehead atoms. The van der Waals surface area contributed by atoms with Crippen molar-refractivity contribution in [3.63, 3.8) is 0 Å². The number of nitrogens with two attached hydrogens (primary N) is 1. The SMILES string of the molecule is NCC1CN(Cc2ccncc2)C(=O)N1. The van der Waals surface area contributed by atoms with Gasteiger partial charge in [-0.1, -0.05) is 0 Å². The Hall–Kier alpha value is -1.62. The van der Waals surface area contributed by atoms with Crippen LogP contribution < -0.4 is 11.1 Å². The van der Waals surface area contributed by atoms with E-state index in [1.807, 2.05) is 12.1 Å². The highest BCUT2D eigenvalue weighted by atomic mass is 16.2. The van der Waals surface area contributed by atoms with Crippen molar-refractivity contribution in [2.24, 2.45) is 5.73 Å². The van der Waals surface area contributed by atoms with E-state index in [0.717, 1.165) is 5.56 Å². The lowest BCUT2D eigenvalue weighted by Crippen LogP contribution is -2.33. The van der Waals surface area contributed by atoms with E-state index in [4.69, 9.17) is 5.73 Å². The third-order valence-corrected chi connectivity index (χ3v) is 2.46. The van der Waals surface area contributed by atoms with Gasteiger partial charge in [0.25, 0.3) is 0 Å². The predicted octanol–water partition coefficient (Wildman–Crippen LogP) is -0.0659. The van der Waals surface area contributed by atoms with Gasteiger partial charge in [0.15, 0.2) is 0 Å². The van der Waals surface area contributed by atoms with Gasteiger partial charge in [0, 0.05) is 32.0 Å². The molecule has 0 aliphatic carbocycles. The van der Waals surface area contributed by atoms with Gasteiger partial charge in [0.05, 0.1) is 6.04 Å². The summed E-state index contributed by atoms with van der Waals surface area (Å²) in [5.41, 5.74) is 6.58. The first kappa shape index (κ1) is 9.92. The maximum absolute atomic E-state index is 11.5. The van der Waals surface area contributed by atoms with E-state index in [-0.39, 0.29) is 12.1 Å². The molecule has 1 aliphatic heterocycles. The van der Waals surface area contributed by atoms with E-state index in [2.05, 4.69) is 10.3 Å². The summed E-state index contributed by atoms with van der Waals surface area (Å²) in [4.78, 5) is 17.2. The van der Waals surface area contributed by atoms with Crippen molar-refractivity contribution in [3.05, 3.63) is 30.1 Å². The molecule has 1 aromatic heterocycles. The molecular weight excluding hydrogens is 192 g/mol. The van der Waals surface area contributed by atoms with Crippen LogP contribution in [0.4, 0.5) is 4.79 Å². The number of hydrogen-bond acceptors (Lipinski definition) is 3. The number of carbonyl (C=O) groups excluding carboxylic acids is 1. The lowest BCUT2D eigenvalue weighted by Gasteiger charge is -2.13. The Morgan fingerprint density at radius 1 is 1.53 bits per heavy atom. The Morgan fingerprint density at radius 2 is 2.27 bits per heavy atom. The molecule has 0 aromatic carbocycles. The van der Waals surface area contributed by atoms with Crippen LogP contribution in [0.2, 0.25) is 0 Å². The normalized spacial score (nSPS) is 20.5. The quantitative estimate of drug-likeness (QED) is 0.727. The second kappa shape index (κ2) is 4.27. The van der Waals surface area contributed by atoms with Crippen molar-refractivity contribution in [3.8, 4) is 0 Å². The van der Waals surface area contributed by atoms with E-state index in [1.54, 1.807) is 17.3 Å². The van der Waals surface area contributed by atoms with Crippen LogP contribution in [0.25, 0.3) is 0 Å². The highest BCUT2D eigenvalue weighted by molar-refractivity contribution is 5.76. The molecule has 80 valence electrons. The summed E-state index contributed by atoms with van der Waals surface area (Å²) in [7, 11) is 0. The van der Waals surface area contributed by atoms with Gasteiger partial charge in [-0.3, -0.25) is 4.98 Å². The zero-order chi connectivity index (χ0) is 10.7. The van der Waals surface area contributed by atoms with Crippen molar-refractivity contribution in [2.45, 2.75) is 12.6 Å². The summed E-state index contributed by atoms with van der Waals surface area (Å²) in [6, 6.07) is 3.85. The van der Waals surface area contributed by atoms with E-state index < -0.39 is 0 Å². The largest absolute Gasteiger partial charge is 0.332 e. The van der Waals surface area contributed by atoms with Gasteiger partial charge >= 0.3 is 6.03 Å². The van der Waals surface area contributed by atoms with Crippen molar-refractivity contribution >= 4 is 6.03 Å². The first-order chi connectivity index (χ1) is 7.29. The number of hydrogen-bond donors (Lipinski definition) is 2. The van der Waals surface area contributed by atoms with Crippen molar-refractivity contribution in [1.82, 2.24) is 15.2 Å². The maximum Gasteiger partial charge on any atom is 0.318 e. The topological polar surface area (TPSA) is 71.2 Å². The Balaban J connectivity index is 1.99. The van der Waals surface area contributed by atoms with Crippen molar-refractivity contribution in [1.29, 1.82) is 0 Å². The standard InChI is InChI=1S/C10H14N4O/c11-5-9-7-14(10(15)13-9)6-8-1-3-12-4-2-8/h1-4,9H,5-7,11H2,(H,13,15). The molecule has 1 saturated heterocycles. The summed E-state index contributed by atoms with van der Waals surface area (Å²) in [5.74, 6) is 0. The van der Waals surface area contributed by atoms with Crippen LogP contribution in [0.5, 0.6) is 0 Å². The molecule has 15 heavy (non-hydrogen) atoms. The first-order valence-corrected chi connectivity index (χ1v) is 4.94. The molecule has 1 aromatic rings. The molecule has 1 atom stereocenters. The second-order valence-electron chi connectivity index (χ2n) is 3.62. The van der Waals surface area contributed by atoms with Crippen LogP contribution in [0.3, 0.4) is 0 Å². The fourth-order valence-electron chi connectivity index (χ4n) is 1.64. The summed E-state index contributed by atoms with van der Waals surface area (Å²) in [6.07, 6.45) is 3.45. The smallest absolute Gasteiger partial charge is 0.318 e. The third kappa shape index (κ3) is 2.24. The van der Waals surface area contributed by atoms with Gasteiger partial charge in [-0.05, 0) is 17.7 Å². The molecule has 0 radical (unpaired) electrons. The molecule has 1 aliphatic rings. The Morgan fingerprint density at radius 3 is 2.87 bits per heavy atom. The summed E-state index contributed by atoms with van der Waals surface area (Å²) < 4.78 is 0. The summed E-state index contributed by atoms with van der Waals surface area (Å²) in [5, 5.41) is 2.82. The second-order valence-corrected chi connectivity index (χ2v) is 3.62. The molecule has 5 nitrogen and oxygen atoms in total. The number of urea groups is 1. The van der Waals surface area contributed by atoms with Crippen LogP contribution in [0.1, 0.15) is 5.56 Å². The van der Waals surface area contributed by atoms with Gasteiger partial charge in [-0.15, -0.1) is 0 Å². The van der Waals surface area contributed by atoms with Crippen LogP contribution in [0, 0.1) is 0 Å². The molecule has 3 N–H and O–H groups in total. The summed E-state index contributed by atoms with van der Waals surface area (Å²) >= 11 is 0. The molecule has 1 fully saturated rings. The highest BCUT2D eigenvalue weighted by Crippen LogP contribution is 2.08. The Bertz CT molecular complexity index is 341. The summed E-state index contributed by atoms with van der Waals surface area (Å²) in [6.45, 7) is 1.78. The fraction of sp³-hybridized carbons (Fsp3) is 0.400. The Kier molecular flexibility index (Phi) is 2.82. The fourth-order valence-corrected chi connectivity index (χ4v) is 1.64. The van der Waals surface area contributed by atoms with Crippen LogP contribution >= 0.6 is 0 Å². The molecule has 1 unspecified atom stereocenters. The van der Waals surface area contributed by atoms with E-state index in [9.17, 15) is 4.79 Å². The lowest BCUT2D eigenvalue weighted by atomic mass is 10.2. The molecule has 5 heteroatoms. The van der Waals surface area contributed by atoms with Crippen LogP contribution in [-0.2, 0) is 6.54 Å². The molecule has 2 rings (SSSR count). The van der Waals surface area contributed by atoms with Crippen molar-refractivity contribution in [2.75, 3.05) is 13.1 Å². The van der Waals surface area contributed by atoms with E-state index in [0.29, 0.717) is 19.6 Å². The number of aromatic nitrogens is 1. The number of carbonyl (C=O) groups is 1. The van der Waals surface area contributed by atoms with Crippen LogP contribution in [-0.4, -0.2) is 35.0 Å². The highest BCUT2D eigenvalue weighted by Gasteiger charge is 2.27. The molecule has 0 spiro atoms. The number of pyridine rings is 1. The average Bonchev–Trinajstić information content (AvgIpc) is 2.61. The molecule has 0 saturated carbocycles. The van der Waals surface area contributed by atoms with Gasteiger partial charge < -0.3 is 16.0 Å². The maximum atomic E-state index is 11.5. The zero-order valence-electron chi connectivity index (χ0n) is 8.39. The number of amides is 2. The molecule has 2 heterocycles. The van der Waals surface area contributed by atoms with Gasteiger partial charge in [-0.2, -0.15) is 0 Å². The lowest BCUT2D eigenvalue weighted by molar-refractivity contribution is 0.215. The van der Waals surface area contributed by atoms with Crippen LogP contribution in [0.15, 0.2) is 24.5 Å². The monoisotopic (exact) mass is 206 g/mol. The van der Waals surface area contributed by atoms with E-state index >= 15 is 0 Å². The minimum atomic E-state index is -0.0396. The number of nitrogens with zero attached hydrogens (tertiary/aromatic N) is 2. The van der Waals surface area contributed by atoms with Gasteiger partial charge in [0.1, 0.15) is 0 Å².